The van der Waals surface area contributed by atoms with Gasteiger partial charge in [-0.05, 0) is 17.7 Å². The van der Waals surface area contributed by atoms with Gasteiger partial charge in [-0.2, -0.15) is 0 Å². The Labute approximate surface area is 118 Å². The molecule has 0 fully saturated rings. The molecule has 0 aliphatic carbocycles. The first-order valence-electron chi connectivity index (χ1n) is 6.93. The van der Waals surface area contributed by atoms with Gasteiger partial charge in [0.1, 0.15) is 0 Å². The number of para-hydroxylation sites is 2. The first kappa shape index (κ1) is 11.3. The molecule has 4 aromatic rings. The second-order valence-corrected chi connectivity index (χ2v) is 5.11. The summed E-state index contributed by atoms with van der Waals surface area (Å²) in [6, 6.07) is 27.9. The van der Waals surface area contributed by atoms with Crippen molar-refractivity contribution in [3.8, 4) is 0 Å². The van der Waals surface area contributed by atoms with Crippen LogP contribution in [0.5, 0.6) is 0 Å². The average Bonchev–Trinajstić information content (AvgIpc) is 2.84. The van der Waals surface area contributed by atoms with Gasteiger partial charge >= 0.3 is 0 Å². The molecule has 0 bridgehead atoms. The van der Waals surface area contributed by atoms with Crippen molar-refractivity contribution in [3.63, 3.8) is 0 Å². The minimum atomic E-state index is 0.912. The predicted octanol–water partition coefficient (Wildman–Crippen LogP) is 4.84. The van der Waals surface area contributed by atoms with Crippen molar-refractivity contribution >= 4 is 21.8 Å². The Morgan fingerprint density at radius 1 is 0.550 bits per heavy atom. The van der Waals surface area contributed by atoms with Gasteiger partial charge in [0.25, 0.3) is 0 Å². The van der Waals surface area contributed by atoms with Crippen LogP contribution in [0.4, 0.5) is 0 Å². The second-order valence-electron chi connectivity index (χ2n) is 5.11. The average molecular weight is 257 g/mol. The largest absolute Gasteiger partial charge is 0.336 e. The third-order valence-corrected chi connectivity index (χ3v) is 3.86. The summed E-state index contributed by atoms with van der Waals surface area (Å²) in [5, 5.41) is 2.66. The molecule has 1 nitrogen and oxygen atoms in total. The van der Waals surface area contributed by atoms with E-state index in [9.17, 15) is 0 Å². The van der Waals surface area contributed by atoms with Crippen molar-refractivity contribution in [1.29, 1.82) is 0 Å². The highest BCUT2D eigenvalue weighted by Gasteiger charge is 2.09. The van der Waals surface area contributed by atoms with Crippen LogP contribution in [0.15, 0.2) is 78.9 Å². The van der Waals surface area contributed by atoms with Crippen molar-refractivity contribution < 1.29 is 0 Å². The van der Waals surface area contributed by atoms with Crippen molar-refractivity contribution in [1.82, 2.24) is 4.57 Å². The van der Waals surface area contributed by atoms with Gasteiger partial charge in [0, 0.05) is 28.4 Å². The summed E-state index contributed by atoms with van der Waals surface area (Å²) in [6.45, 7) is 0.912. The Morgan fingerprint density at radius 3 is 1.65 bits per heavy atom. The van der Waals surface area contributed by atoms with Crippen LogP contribution in [0, 0.1) is 0 Å². The lowest BCUT2D eigenvalue weighted by Crippen LogP contribution is -1.98. The molecule has 0 radical (unpaired) electrons. The molecule has 1 heteroatoms. The van der Waals surface area contributed by atoms with E-state index >= 15 is 0 Å². The smallest absolute Gasteiger partial charge is 0.0494 e. The molecule has 1 heterocycles. The van der Waals surface area contributed by atoms with Gasteiger partial charge in [0.15, 0.2) is 0 Å². The van der Waals surface area contributed by atoms with Crippen LogP contribution in [0.3, 0.4) is 0 Å². The maximum absolute atomic E-state index is 2.40. The third kappa shape index (κ3) is 1.71. The third-order valence-electron chi connectivity index (χ3n) is 3.86. The Hall–Kier alpha value is -2.54. The number of fused-ring (bicyclic) bond motifs is 3. The Balaban J connectivity index is 2.00. The Morgan fingerprint density at radius 2 is 1.05 bits per heavy atom. The standard InChI is InChI=1S/C19H15N/c1-2-8-15(9-3-1)14-20-18-12-6-4-10-16(18)17-11-5-7-13-19(17)20/h1-13H,14H2. The van der Waals surface area contributed by atoms with Crippen LogP contribution in [0.1, 0.15) is 5.56 Å². The van der Waals surface area contributed by atoms with Crippen molar-refractivity contribution in [2.24, 2.45) is 0 Å². The van der Waals surface area contributed by atoms with Crippen LogP contribution in [0.25, 0.3) is 21.8 Å². The zero-order valence-corrected chi connectivity index (χ0v) is 11.2. The van der Waals surface area contributed by atoms with Crippen LogP contribution in [-0.2, 0) is 6.54 Å². The van der Waals surface area contributed by atoms with Crippen molar-refractivity contribution in [3.05, 3.63) is 84.4 Å². The quantitative estimate of drug-likeness (QED) is 0.484. The van der Waals surface area contributed by atoms with Crippen molar-refractivity contribution in [2.45, 2.75) is 6.54 Å². The summed E-state index contributed by atoms with van der Waals surface area (Å²) < 4.78 is 2.40. The fourth-order valence-corrected chi connectivity index (χ4v) is 2.94. The minimum Gasteiger partial charge on any atom is -0.336 e. The SMILES string of the molecule is c1ccc(Cn2c3ccccc3c3ccccc32)cc1. The van der Waals surface area contributed by atoms with Crippen LogP contribution < -0.4 is 0 Å². The monoisotopic (exact) mass is 257 g/mol. The van der Waals surface area contributed by atoms with E-state index in [0.717, 1.165) is 6.54 Å². The Bertz CT molecular complexity index is 819. The molecular formula is C19H15N. The van der Waals surface area contributed by atoms with Gasteiger partial charge in [-0.25, -0.2) is 0 Å². The summed E-state index contributed by atoms with van der Waals surface area (Å²) in [4.78, 5) is 0. The number of rotatable bonds is 2. The van der Waals surface area contributed by atoms with Gasteiger partial charge in [-0.1, -0.05) is 66.7 Å². The molecule has 96 valence electrons. The van der Waals surface area contributed by atoms with E-state index in [0.29, 0.717) is 0 Å². The summed E-state index contributed by atoms with van der Waals surface area (Å²) >= 11 is 0. The molecular weight excluding hydrogens is 242 g/mol. The molecule has 0 saturated carbocycles. The molecule has 0 atom stereocenters. The summed E-state index contributed by atoms with van der Waals surface area (Å²) in [7, 11) is 0. The van der Waals surface area contributed by atoms with Crippen LogP contribution >= 0.6 is 0 Å². The molecule has 0 aliphatic heterocycles. The van der Waals surface area contributed by atoms with Gasteiger partial charge in [-0.3, -0.25) is 0 Å². The van der Waals surface area contributed by atoms with E-state index in [2.05, 4.69) is 83.4 Å². The van der Waals surface area contributed by atoms with E-state index < -0.39 is 0 Å². The maximum Gasteiger partial charge on any atom is 0.0494 e. The van der Waals surface area contributed by atoms with E-state index in [-0.39, 0.29) is 0 Å². The van der Waals surface area contributed by atoms with E-state index in [4.69, 9.17) is 0 Å². The summed E-state index contributed by atoms with van der Waals surface area (Å²) in [5.74, 6) is 0. The van der Waals surface area contributed by atoms with E-state index in [1.54, 1.807) is 0 Å². The molecule has 20 heavy (non-hydrogen) atoms. The van der Waals surface area contributed by atoms with E-state index in [1.165, 1.54) is 27.4 Å². The first-order valence-corrected chi connectivity index (χ1v) is 6.93. The lowest BCUT2D eigenvalue weighted by atomic mass is 10.2. The first-order chi connectivity index (χ1) is 9.93. The fraction of sp³-hybridized carbons (Fsp3) is 0.0526. The Kier molecular flexibility index (Phi) is 2.56. The minimum absolute atomic E-state index is 0.912. The molecule has 0 spiro atoms. The maximum atomic E-state index is 2.40. The number of benzene rings is 3. The van der Waals surface area contributed by atoms with Gasteiger partial charge in [-0.15, -0.1) is 0 Å². The summed E-state index contributed by atoms with van der Waals surface area (Å²) in [5.41, 5.74) is 3.94. The molecule has 3 aromatic carbocycles. The lowest BCUT2D eigenvalue weighted by Gasteiger charge is -2.07. The predicted molar refractivity (Wildman–Crippen MR) is 85.0 cm³/mol. The highest BCUT2D eigenvalue weighted by Crippen LogP contribution is 2.29. The van der Waals surface area contributed by atoms with Crippen molar-refractivity contribution in [2.75, 3.05) is 0 Å². The zero-order valence-electron chi connectivity index (χ0n) is 11.2. The fourth-order valence-electron chi connectivity index (χ4n) is 2.94. The molecule has 0 unspecified atom stereocenters. The van der Waals surface area contributed by atoms with Gasteiger partial charge in [0.2, 0.25) is 0 Å². The topological polar surface area (TPSA) is 4.93 Å². The van der Waals surface area contributed by atoms with E-state index in [1.807, 2.05) is 0 Å². The molecule has 0 amide bonds. The molecule has 0 N–H and O–H groups in total. The number of hydrogen-bond acceptors (Lipinski definition) is 0. The highest BCUT2D eigenvalue weighted by atomic mass is 15.0. The van der Waals surface area contributed by atoms with Gasteiger partial charge < -0.3 is 4.57 Å². The van der Waals surface area contributed by atoms with Crippen LogP contribution in [0.2, 0.25) is 0 Å². The lowest BCUT2D eigenvalue weighted by molar-refractivity contribution is 0.869. The number of hydrogen-bond donors (Lipinski definition) is 0. The second kappa shape index (κ2) is 4.53. The molecule has 0 saturated heterocycles. The highest BCUT2D eigenvalue weighted by molar-refractivity contribution is 6.08. The zero-order chi connectivity index (χ0) is 13.4. The number of aromatic nitrogens is 1. The number of nitrogens with zero attached hydrogens (tertiary/aromatic N) is 1. The molecule has 0 aliphatic rings. The van der Waals surface area contributed by atoms with Gasteiger partial charge in [0.05, 0.1) is 0 Å². The normalized spacial score (nSPS) is 11.2. The molecule has 4 rings (SSSR count). The molecule has 1 aromatic heterocycles. The van der Waals surface area contributed by atoms with Crippen LogP contribution in [-0.4, -0.2) is 4.57 Å². The summed E-state index contributed by atoms with van der Waals surface area (Å²) in [6.07, 6.45) is 0.